The van der Waals surface area contributed by atoms with E-state index in [2.05, 4.69) is 0 Å². The van der Waals surface area contributed by atoms with E-state index < -0.39 is 16.9 Å². The number of carboxylic acids is 1. The maximum Gasteiger partial charge on any atom is 0.325 e. The Balaban J connectivity index is 2.36. The van der Waals surface area contributed by atoms with Crippen molar-refractivity contribution in [2.24, 2.45) is 0 Å². The predicted octanol–water partition coefficient (Wildman–Crippen LogP) is 1.39. The van der Waals surface area contributed by atoms with Crippen LogP contribution in [0.5, 0.6) is 0 Å². The summed E-state index contributed by atoms with van der Waals surface area (Å²) in [5, 5.41) is 20.4. The number of benzene rings is 1. The number of nitro groups is 1. The predicted molar refractivity (Wildman–Crippen MR) is 69.3 cm³/mol. The molecular weight excluding hydrogens is 264 g/mol. The Hall–Kier alpha value is -2.28. The van der Waals surface area contributed by atoms with E-state index >= 15 is 0 Å². The van der Waals surface area contributed by atoms with E-state index in [4.69, 9.17) is 0 Å². The van der Waals surface area contributed by atoms with Crippen LogP contribution in [-0.2, 0) is 9.59 Å². The highest BCUT2D eigenvalue weighted by molar-refractivity contribution is 5.81. The fraction of sp³-hybridized carbons (Fsp3) is 0.385. The Morgan fingerprint density at radius 2 is 1.90 bits per heavy atom. The minimum absolute atomic E-state index is 0.0907. The number of likely N-dealkylation sites (tertiary alicyclic amines) is 1. The molecule has 2 rings (SSSR count). The Kier molecular flexibility index (Phi) is 4.09. The van der Waals surface area contributed by atoms with Gasteiger partial charge in [-0.3, -0.25) is 24.6 Å². The Labute approximate surface area is 115 Å². The average molecular weight is 278 g/mol. The second kappa shape index (κ2) is 5.79. The zero-order chi connectivity index (χ0) is 14.7. The number of para-hydroxylation sites is 1. The smallest absolute Gasteiger partial charge is 0.325 e. The van der Waals surface area contributed by atoms with Crippen LogP contribution >= 0.6 is 0 Å². The van der Waals surface area contributed by atoms with E-state index in [0.29, 0.717) is 13.1 Å². The van der Waals surface area contributed by atoms with Crippen molar-refractivity contribution < 1.29 is 19.6 Å². The van der Waals surface area contributed by atoms with Gasteiger partial charge in [0.2, 0.25) is 0 Å². The highest BCUT2D eigenvalue weighted by Gasteiger charge is 2.34. The molecule has 0 radical (unpaired) electrons. The lowest BCUT2D eigenvalue weighted by Crippen LogP contribution is -2.40. The van der Waals surface area contributed by atoms with Gasteiger partial charge in [0, 0.05) is 32.0 Å². The highest BCUT2D eigenvalue weighted by atomic mass is 16.6. The SMILES string of the molecule is O=C1CCN(C(C(=O)O)c2ccccc2[N+](=O)[O-])CC1. The van der Waals surface area contributed by atoms with Gasteiger partial charge in [-0.1, -0.05) is 12.1 Å². The van der Waals surface area contributed by atoms with Crippen LogP contribution in [0.15, 0.2) is 24.3 Å². The van der Waals surface area contributed by atoms with Crippen molar-refractivity contribution in [3.8, 4) is 0 Å². The Bertz CT molecular complexity index is 547. The van der Waals surface area contributed by atoms with Gasteiger partial charge in [0.15, 0.2) is 0 Å². The van der Waals surface area contributed by atoms with Crippen LogP contribution in [0.4, 0.5) is 5.69 Å². The molecule has 1 fully saturated rings. The normalized spacial score (nSPS) is 17.7. The van der Waals surface area contributed by atoms with Gasteiger partial charge < -0.3 is 5.11 Å². The summed E-state index contributed by atoms with van der Waals surface area (Å²) >= 11 is 0. The third-order valence-electron chi connectivity index (χ3n) is 3.38. The molecular formula is C13H14N2O5. The average Bonchev–Trinajstić information content (AvgIpc) is 2.41. The number of carbonyl (C=O) groups is 2. The van der Waals surface area contributed by atoms with E-state index in [1.165, 1.54) is 18.2 Å². The molecule has 0 saturated carbocycles. The number of aliphatic carboxylic acids is 1. The van der Waals surface area contributed by atoms with Crippen molar-refractivity contribution in [1.82, 2.24) is 4.90 Å². The first-order valence-corrected chi connectivity index (χ1v) is 6.22. The van der Waals surface area contributed by atoms with Crippen LogP contribution in [0.2, 0.25) is 0 Å². The minimum Gasteiger partial charge on any atom is -0.480 e. The number of rotatable bonds is 4. The van der Waals surface area contributed by atoms with Crippen LogP contribution in [0.1, 0.15) is 24.4 Å². The summed E-state index contributed by atoms with van der Waals surface area (Å²) in [6.07, 6.45) is 0.564. The number of ketones is 1. The molecule has 1 aliphatic heterocycles. The van der Waals surface area contributed by atoms with Gasteiger partial charge in [-0.2, -0.15) is 0 Å². The van der Waals surface area contributed by atoms with Crippen molar-refractivity contribution >= 4 is 17.4 Å². The lowest BCUT2D eigenvalue weighted by molar-refractivity contribution is -0.385. The number of hydrogen-bond donors (Lipinski definition) is 1. The summed E-state index contributed by atoms with van der Waals surface area (Å²) in [6, 6.07) is 4.73. The number of nitro benzene ring substituents is 1. The maximum atomic E-state index is 11.5. The van der Waals surface area contributed by atoms with Gasteiger partial charge in [0.1, 0.15) is 11.8 Å². The molecule has 1 N–H and O–H groups in total. The van der Waals surface area contributed by atoms with E-state index in [1.807, 2.05) is 0 Å². The van der Waals surface area contributed by atoms with Crippen LogP contribution in [-0.4, -0.2) is 39.8 Å². The molecule has 1 aromatic carbocycles. The molecule has 7 nitrogen and oxygen atoms in total. The first kappa shape index (κ1) is 14.1. The van der Waals surface area contributed by atoms with E-state index in [0.717, 1.165) is 0 Å². The molecule has 1 heterocycles. The number of hydrogen-bond acceptors (Lipinski definition) is 5. The molecule has 0 aliphatic carbocycles. The molecule has 0 bridgehead atoms. The minimum atomic E-state index is -1.14. The molecule has 0 aromatic heterocycles. The van der Waals surface area contributed by atoms with Crippen LogP contribution in [0.3, 0.4) is 0 Å². The number of carboxylic acid groups (broad SMARTS) is 1. The lowest BCUT2D eigenvalue weighted by atomic mass is 10.00. The topological polar surface area (TPSA) is 101 Å². The largest absolute Gasteiger partial charge is 0.480 e. The molecule has 106 valence electrons. The Morgan fingerprint density at radius 3 is 2.45 bits per heavy atom. The van der Waals surface area contributed by atoms with Crippen LogP contribution < -0.4 is 0 Å². The summed E-state index contributed by atoms with van der Waals surface area (Å²) in [4.78, 5) is 34.8. The van der Waals surface area contributed by atoms with E-state index in [1.54, 1.807) is 11.0 Å². The van der Waals surface area contributed by atoms with Crippen molar-refractivity contribution in [2.45, 2.75) is 18.9 Å². The fourth-order valence-corrected chi connectivity index (χ4v) is 2.40. The second-order valence-corrected chi connectivity index (χ2v) is 4.63. The molecule has 1 unspecified atom stereocenters. The van der Waals surface area contributed by atoms with Crippen molar-refractivity contribution in [3.05, 3.63) is 39.9 Å². The van der Waals surface area contributed by atoms with Gasteiger partial charge in [0.25, 0.3) is 5.69 Å². The molecule has 0 spiro atoms. The van der Waals surface area contributed by atoms with Gasteiger partial charge in [-0.15, -0.1) is 0 Å². The van der Waals surface area contributed by atoms with E-state index in [-0.39, 0.29) is 29.9 Å². The molecule has 1 aromatic rings. The van der Waals surface area contributed by atoms with Crippen molar-refractivity contribution in [1.29, 1.82) is 0 Å². The van der Waals surface area contributed by atoms with Crippen molar-refractivity contribution in [3.63, 3.8) is 0 Å². The summed E-state index contributed by atoms with van der Waals surface area (Å²) in [7, 11) is 0. The molecule has 1 saturated heterocycles. The maximum absolute atomic E-state index is 11.5. The van der Waals surface area contributed by atoms with Gasteiger partial charge in [-0.05, 0) is 6.07 Å². The first-order valence-electron chi connectivity index (χ1n) is 6.22. The van der Waals surface area contributed by atoms with E-state index in [9.17, 15) is 24.8 Å². The van der Waals surface area contributed by atoms with Crippen LogP contribution in [0, 0.1) is 10.1 Å². The quantitative estimate of drug-likeness (QED) is 0.659. The van der Waals surface area contributed by atoms with Gasteiger partial charge in [0.05, 0.1) is 10.5 Å². The Morgan fingerprint density at radius 1 is 1.30 bits per heavy atom. The molecule has 7 heteroatoms. The third kappa shape index (κ3) is 2.83. The standard InChI is InChI=1S/C13H14N2O5/c16-9-5-7-14(8-6-9)12(13(17)18)10-3-1-2-4-11(10)15(19)20/h1-4,12H,5-8H2,(H,17,18). The number of carbonyl (C=O) groups excluding carboxylic acids is 1. The monoisotopic (exact) mass is 278 g/mol. The lowest BCUT2D eigenvalue weighted by Gasteiger charge is -2.31. The zero-order valence-electron chi connectivity index (χ0n) is 10.7. The highest BCUT2D eigenvalue weighted by Crippen LogP contribution is 2.30. The summed E-state index contributed by atoms with van der Waals surface area (Å²) in [6.45, 7) is 0.615. The summed E-state index contributed by atoms with van der Waals surface area (Å²) < 4.78 is 0. The summed E-state index contributed by atoms with van der Waals surface area (Å²) in [5.41, 5.74) is -0.0591. The molecule has 1 atom stereocenters. The summed E-state index contributed by atoms with van der Waals surface area (Å²) in [5.74, 6) is -1.05. The third-order valence-corrected chi connectivity index (χ3v) is 3.38. The molecule has 0 amide bonds. The zero-order valence-corrected chi connectivity index (χ0v) is 10.7. The van der Waals surface area contributed by atoms with Gasteiger partial charge >= 0.3 is 5.97 Å². The fourth-order valence-electron chi connectivity index (χ4n) is 2.40. The molecule has 20 heavy (non-hydrogen) atoms. The number of piperidine rings is 1. The first-order chi connectivity index (χ1) is 9.50. The molecule has 1 aliphatic rings. The van der Waals surface area contributed by atoms with Crippen molar-refractivity contribution in [2.75, 3.05) is 13.1 Å². The number of nitrogens with zero attached hydrogens (tertiary/aromatic N) is 2. The second-order valence-electron chi connectivity index (χ2n) is 4.63. The van der Waals surface area contributed by atoms with Crippen LogP contribution in [0.25, 0.3) is 0 Å². The van der Waals surface area contributed by atoms with Gasteiger partial charge in [-0.25, -0.2) is 0 Å². The number of Topliss-reactive ketones (excluding diaryl/α,β-unsaturated/α-hetero) is 1.